The topological polar surface area (TPSA) is 125 Å². The molecular formula is C20H25BO9. The first-order valence-corrected chi connectivity index (χ1v) is 9.73. The van der Waals surface area contributed by atoms with Crippen LogP contribution in [-0.2, 0) is 35.0 Å². The number of rotatable bonds is 10. The molecule has 0 spiro atoms. The molecule has 0 fully saturated rings. The molecule has 1 aromatic carbocycles. The largest absolute Gasteiger partial charge is 0.535 e. The predicted molar refractivity (Wildman–Crippen MR) is 105 cm³/mol. The number of hydrogen-bond acceptors (Lipinski definition) is 9. The van der Waals surface area contributed by atoms with Crippen LogP contribution in [-0.4, -0.2) is 49.7 Å². The number of Topliss-reactive ketones (excluding diaryl/α,β-unsaturated/α-hetero) is 1. The third-order valence-electron chi connectivity index (χ3n) is 4.63. The molecule has 1 aromatic rings. The molecule has 1 aliphatic heterocycles. The molecule has 0 saturated heterocycles. The Morgan fingerprint density at radius 2 is 1.87 bits per heavy atom. The van der Waals surface area contributed by atoms with Crippen LogP contribution in [0.5, 0.6) is 5.75 Å². The summed E-state index contributed by atoms with van der Waals surface area (Å²) in [4.78, 5) is 46.8. The van der Waals surface area contributed by atoms with Crippen LogP contribution >= 0.6 is 0 Å². The summed E-state index contributed by atoms with van der Waals surface area (Å²) in [7, 11) is -0.0105. The monoisotopic (exact) mass is 420 g/mol. The summed E-state index contributed by atoms with van der Waals surface area (Å²) in [6, 6.07) is 4.86. The Morgan fingerprint density at radius 1 is 1.13 bits per heavy atom. The van der Waals surface area contributed by atoms with E-state index in [1.165, 1.54) is 13.2 Å². The average Bonchev–Trinajstić information content (AvgIpc) is 2.72. The minimum Gasteiger partial charge on any atom is -0.535 e. The summed E-state index contributed by atoms with van der Waals surface area (Å²) in [5.74, 6) is -2.21. The molecule has 1 heterocycles. The first-order chi connectivity index (χ1) is 14.3. The lowest BCUT2D eigenvalue weighted by atomic mass is 9.64. The lowest BCUT2D eigenvalue weighted by molar-refractivity contribution is -0.155. The molecule has 0 amide bonds. The van der Waals surface area contributed by atoms with Gasteiger partial charge in [-0.3, -0.25) is 14.4 Å². The first-order valence-electron chi connectivity index (χ1n) is 9.73. The van der Waals surface area contributed by atoms with Gasteiger partial charge in [0.2, 0.25) is 6.79 Å². The minimum atomic E-state index is -1.22. The van der Waals surface area contributed by atoms with Crippen LogP contribution in [0.1, 0.15) is 54.9 Å². The second-order valence-electron chi connectivity index (χ2n) is 6.90. The highest BCUT2D eigenvalue weighted by Gasteiger charge is 2.37. The number of esters is 3. The zero-order chi connectivity index (χ0) is 22.1. The first kappa shape index (κ1) is 23.4. The Balaban J connectivity index is 1.94. The maximum atomic E-state index is 12.4. The summed E-state index contributed by atoms with van der Waals surface area (Å²) in [6.07, 6.45) is 1.44. The average molecular weight is 420 g/mol. The highest BCUT2D eigenvalue weighted by atomic mass is 16.7. The standard InChI is InChI=1S/C20H25BO9/c1-3-5-15(22)11-14-10-13-6-4-7-16(19(13)30-21(14)26)20(25)29-12-28-18(24)9-8-17(23)27-2/h4,6-7,14,26H,3,5,8-12H2,1-2H3/t14-/m1/s1. The number of para-hydroxylation sites is 1. The van der Waals surface area contributed by atoms with Gasteiger partial charge in [-0.25, -0.2) is 4.79 Å². The van der Waals surface area contributed by atoms with Crippen molar-refractivity contribution in [2.24, 2.45) is 0 Å². The second kappa shape index (κ2) is 11.3. The highest BCUT2D eigenvalue weighted by molar-refractivity contribution is 6.47. The van der Waals surface area contributed by atoms with Gasteiger partial charge in [0.15, 0.2) is 0 Å². The molecule has 0 aromatic heterocycles. The van der Waals surface area contributed by atoms with E-state index >= 15 is 0 Å². The van der Waals surface area contributed by atoms with Crippen LogP contribution in [0.4, 0.5) is 0 Å². The lowest BCUT2D eigenvalue weighted by Crippen LogP contribution is -2.36. The Bertz CT molecular complexity index is 792. The molecule has 10 heteroatoms. The minimum absolute atomic E-state index is 0.0539. The molecule has 30 heavy (non-hydrogen) atoms. The number of benzene rings is 1. The molecular weight excluding hydrogens is 395 g/mol. The van der Waals surface area contributed by atoms with Gasteiger partial charge in [0.25, 0.3) is 0 Å². The van der Waals surface area contributed by atoms with Crippen LogP contribution in [0, 0.1) is 0 Å². The maximum Gasteiger partial charge on any atom is 0.526 e. The quantitative estimate of drug-likeness (QED) is 0.343. The highest BCUT2D eigenvalue weighted by Crippen LogP contribution is 2.36. The molecule has 0 unspecified atom stereocenters. The fraction of sp³-hybridized carbons (Fsp3) is 0.500. The van der Waals surface area contributed by atoms with E-state index in [1.807, 2.05) is 6.92 Å². The SMILES string of the molecule is CCCC(=O)C[C@H]1Cc2cccc(C(=O)OCOC(=O)CCC(=O)OC)c2OB1O. The number of hydrogen-bond donors (Lipinski definition) is 1. The van der Waals surface area contributed by atoms with E-state index in [4.69, 9.17) is 14.1 Å². The molecule has 0 saturated carbocycles. The predicted octanol–water partition coefficient (Wildman–Crippen LogP) is 1.84. The lowest BCUT2D eigenvalue weighted by Gasteiger charge is -2.28. The van der Waals surface area contributed by atoms with E-state index < -0.39 is 37.6 Å². The Kier molecular flexibility index (Phi) is 8.85. The summed E-state index contributed by atoms with van der Waals surface area (Å²) < 4.78 is 19.6. The van der Waals surface area contributed by atoms with Gasteiger partial charge in [-0.05, 0) is 24.5 Å². The summed E-state index contributed by atoms with van der Waals surface area (Å²) in [5.41, 5.74) is 0.759. The van der Waals surface area contributed by atoms with Crippen molar-refractivity contribution in [1.82, 2.24) is 0 Å². The van der Waals surface area contributed by atoms with Crippen LogP contribution < -0.4 is 4.65 Å². The molecule has 1 atom stereocenters. The van der Waals surface area contributed by atoms with Crippen molar-refractivity contribution in [2.75, 3.05) is 13.9 Å². The Hall–Kier alpha value is -2.88. The van der Waals surface area contributed by atoms with Gasteiger partial charge in [-0.2, -0.15) is 0 Å². The van der Waals surface area contributed by atoms with E-state index in [-0.39, 0.29) is 36.4 Å². The maximum absolute atomic E-state index is 12.4. The Morgan fingerprint density at radius 3 is 2.57 bits per heavy atom. The van der Waals surface area contributed by atoms with Gasteiger partial charge in [-0.15, -0.1) is 0 Å². The van der Waals surface area contributed by atoms with Crippen molar-refractivity contribution in [1.29, 1.82) is 0 Å². The zero-order valence-electron chi connectivity index (χ0n) is 17.0. The van der Waals surface area contributed by atoms with E-state index in [0.29, 0.717) is 18.4 Å². The van der Waals surface area contributed by atoms with E-state index in [9.17, 15) is 24.2 Å². The van der Waals surface area contributed by atoms with Crippen LogP contribution in [0.25, 0.3) is 0 Å². The summed E-state index contributed by atoms with van der Waals surface area (Å²) >= 11 is 0. The molecule has 1 N–H and O–H groups in total. The molecule has 162 valence electrons. The van der Waals surface area contributed by atoms with Gasteiger partial charge in [0, 0.05) is 18.7 Å². The number of methoxy groups -OCH3 is 1. The van der Waals surface area contributed by atoms with Crippen molar-refractivity contribution in [3.05, 3.63) is 29.3 Å². The normalized spacial score (nSPS) is 14.9. The zero-order valence-corrected chi connectivity index (χ0v) is 17.0. The molecule has 2 rings (SSSR count). The molecule has 0 radical (unpaired) electrons. The van der Waals surface area contributed by atoms with Crippen molar-refractivity contribution in [2.45, 2.75) is 51.3 Å². The van der Waals surface area contributed by atoms with Crippen molar-refractivity contribution >= 4 is 30.8 Å². The summed E-state index contributed by atoms with van der Waals surface area (Å²) in [6.45, 7) is 1.29. The third-order valence-corrected chi connectivity index (χ3v) is 4.63. The summed E-state index contributed by atoms with van der Waals surface area (Å²) in [5, 5.41) is 10.3. The van der Waals surface area contributed by atoms with Crippen LogP contribution in [0.2, 0.25) is 5.82 Å². The van der Waals surface area contributed by atoms with Gasteiger partial charge in [0.05, 0.1) is 20.0 Å². The second-order valence-corrected chi connectivity index (χ2v) is 6.90. The number of carbonyl (C=O) groups excluding carboxylic acids is 4. The molecule has 0 aliphatic carbocycles. The third kappa shape index (κ3) is 6.58. The molecule has 9 nitrogen and oxygen atoms in total. The van der Waals surface area contributed by atoms with Crippen molar-refractivity contribution in [3.8, 4) is 5.75 Å². The molecule has 0 bridgehead atoms. The van der Waals surface area contributed by atoms with Crippen LogP contribution in [0.15, 0.2) is 18.2 Å². The smallest absolute Gasteiger partial charge is 0.526 e. The Labute approximate surface area is 174 Å². The number of fused-ring (bicyclic) bond motifs is 1. The number of carbonyl (C=O) groups is 4. The van der Waals surface area contributed by atoms with E-state index in [1.54, 1.807) is 12.1 Å². The van der Waals surface area contributed by atoms with Crippen molar-refractivity contribution < 1.29 is 43.1 Å². The number of ether oxygens (including phenoxy) is 3. The fourth-order valence-electron chi connectivity index (χ4n) is 3.10. The number of ketones is 1. The van der Waals surface area contributed by atoms with Crippen molar-refractivity contribution in [3.63, 3.8) is 0 Å². The van der Waals surface area contributed by atoms with Crippen LogP contribution in [0.3, 0.4) is 0 Å². The van der Waals surface area contributed by atoms with Gasteiger partial charge >= 0.3 is 25.0 Å². The van der Waals surface area contributed by atoms with Gasteiger partial charge < -0.3 is 23.9 Å². The fourth-order valence-corrected chi connectivity index (χ4v) is 3.10. The van der Waals surface area contributed by atoms with E-state index in [2.05, 4.69) is 4.74 Å². The van der Waals surface area contributed by atoms with Gasteiger partial charge in [-0.1, -0.05) is 19.1 Å². The van der Waals surface area contributed by atoms with Gasteiger partial charge in [0.1, 0.15) is 17.1 Å². The van der Waals surface area contributed by atoms with E-state index in [0.717, 1.165) is 6.42 Å². The molecule has 1 aliphatic rings.